The molecule has 0 aromatic heterocycles. The third-order valence-electron chi connectivity index (χ3n) is 5.53. The Morgan fingerprint density at radius 3 is 2.91 bits per heavy atom. The summed E-state index contributed by atoms with van der Waals surface area (Å²) in [4.78, 5) is 24.0. The number of Topliss-reactive ketones (excluding diaryl/α,β-unsaturated/α-hetero) is 1. The smallest absolute Gasteiger partial charge is 0.252 e. The maximum Gasteiger partial charge on any atom is 0.252 e. The van der Waals surface area contributed by atoms with Gasteiger partial charge < -0.3 is 5.73 Å². The molecule has 0 aliphatic heterocycles. The number of rotatable bonds is 1. The van der Waals surface area contributed by atoms with E-state index in [4.69, 9.17) is 17.3 Å². The van der Waals surface area contributed by atoms with Crippen LogP contribution in [0.4, 0.5) is 0 Å². The molecule has 0 bridgehead atoms. The first-order chi connectivity index (χ1) is 11.0. The zero-order valence-electron chi connectivity index (χ0n) is 12.7. The van der Waals surface area contributed by atoms with Crippen LogP contribution in [0.2, 0.25) is 5.02 Å². The van der Waals surface area contributed by atoms with Crippen molar-refractivity contribution in [3.63, 3.8) is 0 Å². The Bertz CT molecular complexity index is 778. The Hall–Kier alpha value is -1.87. The van der Waals surface area contributed by atoms with Crippen LogP contribution < -0.4 is 5.73 Å². The maximum absolute atomic E-state index is 12.5. The molecule has 2 N–H and O–H groups in total. The zero-order chi connectivity index (χ0) is 16.1. The highest BCUT2D eigenvalue weighted by Gasteiger charge is 2.40. The number of halogens is 1. The lowest BCUT2D eigenvalue weighted by molar-refractivity contribution is -0.124. The Morgan fingerprint density at radius 1 is 1.30 bits per heavy atom. The SMILES string of the molecule is NC(=O)C1=CCC2CC3Cc4c(Cl)cccc4CC3=CC2C1=O. The summed E-state index contributed by atoms with van der Waals surface area (Å²) in [7, 11) is 0. The highest BCUT2D eigenvalue weighted by molar-refractivity contribution is 6.31. The van der Waals surface area contributed by atoms with Gasteiger partial charge in [-0.3, -0.25) is 9.59 Å². The van der Waals surface area contributed by atoms with Crippen LogP contribution in [0.15, 0.2) is 41.5 Å². The maximum atomic E-state index is 12.5. The van der Waals surface area contributed by atoms with Crippen LogP contribution in [-0.4, -0.2) is 11.7 Å². The van der Waals surface area contributed by atoms with Crippen LogP contribution in [0.25, 0.3) is 0 Å². The van der Waals surface area contributed by atoms with Crippen molar-refractivity contribution in [1.82, 2.24) is 0 Å². The number of benzene rings is 1. The van der Waals surface area contributed by atoms with Crippen molar-refractivity contribution in [2.45, 2.75) is 25.7 Å². The number of allylic oxidation sites excluding steroid dienone is 3. The minimum atomic E-state index is -0.602. The average Bonchev–Trinajstić information content (AvgIpc) is 2.52. The summed E-state index contributed by atoms with van der Waals surface area (Å²) in [5.74, 6) is -0.149. The summed E-state index contributed by atoms with van der Waals surface area (Å²) >= 11 is 6.35. The van der Waals surface area contributed by atoms with E-state index < -0.39 is 5.91 Å². The molecular formula is C19H18ClNO2. The molecule has 0 heterocycles. The van der Waals surface area contributed by atoms with Gasteiger partial charge in [0.15, 0.2) is 5.78 Å². The molecule has 0 fully saturated rings. The molecule has 3 atom stereocenters. The molecule has 0 saturated carbocycles. The van der Waals surface area contributed by atoms with E-state index in [0.29, 0.717) is 5.92 Å². The molecule has 3 aliphatic rings. The third-order valence-corrected chi connectivity index (χ3v) is 5.89. The van der Waals surface area contributed by atoms with Crippen LogP contribution in [0, 0.1) is 17.8 Å². The van der Waals surface area contributed by atoms with E-state index in [1.54, 1.807) is 6.08 Å². The Labute approximate surface area is 140 Å². The zero-order valence-corrected chi connectivity index (χ0v) is 13.5. The van der Waals surface area contributed by atoms with Crippen molar-refractivity contribution in [2.75, 3.05) is 0 Å². The lowest BCUT2D eigenvalue weighted by Gasteiger charge is -2.39. The summed E-state index contributed by atoms with van der Waals surface area (Å²) in [5.41, 5.74) is 9.34. The van der Waals surface area contributed by atoms with Gasteiger partial charge in [0.25, 0.3) is 5.91 Å². The van der Waals surface area contributed by atoms with Crippen LogP contribution >= 0.6 is 11.6 Å². The fourth-order valence-electron chi connectivity index (χ4n) is 4.35. The van der Waals surface area contributed by atoms with Crippen molar-refractivity contribution >= 4 is 23.3 Å². The molecule has 1 aromatic rings. The van der Waals surface area contributed by atoms with Gasteiger partial charge in [0.1, 0.15) is 0 Å². The minimum absolute atomic E-state index is 0.100. The van der Waals surface area contributed by atoms with Gasteiger partial charge in [-0.25, -0.2) is 0 Å². The van der Waals surface area contributed by atoms with E-state index >= 15 is 0 Å². The molecule has 1 aromatic carbocycles. The van der Waals surface area contributed by atoms with Gasteiger partial charge in [-0.1, -0.05) is 41.5 Å². The molecule has 118 valence electrons. The summed E-state index contributed by atoms with van der Waals surface area (Å²) in [6.07, 6.45) is 7.38. The van der Waals surface area contributed by atoms with E-state index in [9.17, 15) is 9.59 Å². The number of primary amides is 1. The Morgan fingerprint density at radius 2 is 2.13 bits per heavy atom. The number of amides is 1. The summed E-state index contributed by atoms with van der Waals surface area (Å²) in [5, 5.41) is 0.847. The molecule has 0 radical (unpaired) electrons. The molecule has 3 aliphatic carbocycles. The second kappa shape index (κ2) is 5.34. The van der Waals surface area contributed by atoms with Gasteiger partial charge >= 0.3 is 0 Å². The van der Waals surface area contributed by atoms with Crippen LogP contribution in [0.3, 0.4) is 0 Å². The number of nitrogens with two attached hydrogens (primary N) is 1. The van der Waals surface area contributed by atoms with Crippen LogP contribution in [-0.2, 0) is 22.4 Å². The van der Waals surface area contributed by atoms with E-state index in [1.807, 2.05) is 12.1 Å². The quantitative estimate of drug-likeness (QED) is 0.636. The number of hydrogen-bond donors (Lipinski definition) is 1. The van der Waals surface area contributed by atoms with Crippen molar-refractivity contribution in [3.8, 4) is 0 Å². The average molecular weight is 328 g/mol. The topological polar surface area (TPSA) is 60.2 Å². The fraction of sp³-hybridized carbons (Fsp3) is 0.368. The Kier molecular flexibility index (Phi) is 3.42. The van der Waals surface area contributed by atoms with Crippen LogP contribution in [0.1, 0.15) is 24.0 Å². The van der Waals surface area contributed by atoms with Gasteiger partial charge in [0.05, 0.1) is 5.57 Å². The Balaban J connectivity index is 1.69. The van der Waals surface area contributed by atoms with Crippen molar-refractivity contribution < 1.29 is 9.59 Å². The normalized spacial score (nSPS) is 28.9. The molecule has 3 nitrogen and oxygen atoms in total. The lowest BCUT2D eigenvalue weighted by atomic mass is 9.64. The van der Waals surface area contributed by atoms with Gasteiger partial charge in [-0.15, -0.1) is 0 Å². The molecule has 1 amide bonds. The van der Waals surface area contributed by atoms with Gasteiger partial charge in [0, 0.05) is 10.9 Å². The van der Waals surface area contributed by atoms with Crippen molar-refractivity contribution in [2.24, 2.45) is 23.5 Å². The fourth-order valence-corrected chi connectivity index (χ4v) is 4.62. The number of fused-ring (bicyclic) bond motifs is 3. The van der Waals surface area contributed by atoms with Gasteiger partial charge in [-0.05, 0) is 54.7 Å². The van der Waals surface area contributed by atoms with Crippen molar-refractivity contribution in [3.05, 3.63) is 57.6 Å². The molecule has 0 spiro atoms. The molecule has 0 saturated heterocycles. The largest absolute Gasteiger partial charge is 0.365 e. The van der Waals surface area contributed by atoms with Gasteiger partial charge in [0.2, 0.25) is 0 Å². The third kappa shape index (κ3) is 2.34. The first-order valence-electron chi connectivity index (χ1n) is 8.05. The second-order valence-corrected chi connectivity index (χ2v) is 7.21. The lowest BCUT2D eigenvalue weighted by Crippen LogP contribution is -2.38. The summed E-state index contributed by atoms with van der Waals surface area (Å²) in [6.45, 7) is 0. The van der Waals surface area contributed by atoms with Gasteiger partial charge in [-0.2, -0.15) is 0 Å². The molecular weight excluding hydrogens is 310 g/mol. The van der Waals surface area contributed by atoms with Crippen LogP contribution in [0.5, 0.6) is 0 Å². The molecule has 4 rings (SSSR count). The molecule has 4 heteroatoms. The monoisotopic (exact) mass is 327 g/mol. The number of hydrogen-bond acceptors (Lipinski definition) is 2. The number of ketones is 1. The van der Waals surface area contributed by atoms with E-state index in [1.165, 1.54) is 16.7 Å². The summed E-state index contributed by atoms with van der Waals surface area (Å²) in [6, 6.07) is 6.04. The van der Waals surface area contributed by atoms with E-state index in [0.717, 1.165) is 30.7 Å². The summed E-state index contributed by atoms with van der Waals surface area (Å²) < 4.78 is 0. The van der Waals surface area contributed by atoms with E-state index in [-0.39, 0.29) is 23.2 Å². The predicted molar refractivity (Wildman–Crippen MR) is 88.9 cm³/mol. The number of carbonyl (C=O) groups is 2. The minimum Gasteiger partial charge on any atom is -0.365 e. The van der Waals surface area contributed by atoms with E-state index in [2.05, 4.69) is 12.1 Å². The second-order valence-electron chi connectivity index (χ2n) is 6.80. The number of carbonyl (C=O) groups excluding carboxylic acids is 2. The molecule has 23 heavy (non-hydrogen) atoms. The molecule has 3 unspecified atom stereocenters. The highest BCUT2D eigenvalue weighted by Crippen LogP contribution is 2.45. The first kappa shape index (κ1) is 14.7. The van der Waals surface area contributed by atoms with Crippen molar-refractivity contribution in [1.29, 1.82) is 0 Å². The highest BCUT2D eigenvalue weighted by atomic mass is 35.5. The first-order valence-corrected chi connectivity index (χ1v) is 8.43. The standard InChI is InChI=1S/C19H18ClNO2/c20-17-3-1-2-10-6-13-9-16-11(7-12(13)8-15(10)17)4-5-14(18(16)22)19(21)23/h1-3,5,9,11-12,16H,4,6-8H2,(H2,21,23). The predicted octanol–water partition coefficient (Wildman–Crippen LogP) is 3.00.